The van der Waals surface area contributed by atoms with Gasteiger partial charge in [-0.25, -0.2) is 0 Å². The third-order valence-electron chi connectivity index (χ3n) is 6.93. The molecule has 202 valence electrons. The van der Waals surface area contributed by atoms with Gasteiger partial charge in [-0.1, -0.05) is 98.8 Å². The lowest BCUT2D eigenvalue weighted by Crippen LogP contribution is -2.51. The van der Waals surface area contributed by atoms with Crippen LogP contribution >= 0.6 is 0 Å². The number of rotatable bonds is 12. The van der Waals surface area contributed by atoms with Gasteiger partial charge in [0.1, 0.15) is 11.8 Å². The number of fused-ring (bicyclic) bond motifs is 1. The van der Waals surface area contributed by atoms with E-state index in [1.54, 1.807) is 12.0 Å². The third-order valence-corrected chi connectivity index (χ3v) is 6.93. The number of benzene rings is 4. The van der Waals surface area contributed by atoms with Crippen LogP contribution in [0.1, 0.15) is 37.0 Å². The average molecular weight is 523 g/mol. The quantitative estimate of drug-likeness (QED) is 0.241. The van der Waals surface area contributed by atoms with E-state index in [9.17, 15) is 9.59 Å². The zero-order valence-electron chi connectivity index (χ0n) is 23.1. The number of carbonyl (C=O) groups is 2. The molecule has 39 heavy (non-hydrogen) atoms. The standard InChI is InChI=1S/C34H38N2O3/c1-25(2)23-35-34(38)32(22-26-11-5-4-6-12-26)36(24-27-13-9-17-30(21-27)39-3)33(37)20-19-29-16-10-15-28-14-7-8-18-31(28)29/h4-18,21,25,32H,19-20,22-24H2,1-3H3,(H,35,38). The van der Waals surface area contributed by atoms with Gasteiger partial charge >= 0.3 is 0 Å². The minimum Gasteiger partial charge on any atom is -0.497 e. The molecule has 1 atom stereocenters. The molecule has 1 unspecified atom stereocenters. The number of amides is 2. The van der Waals surface area contributed by atoms with Crippen molar-refractivity contribution >= 4 is 22.6 Å². The van der Waals surface area contributed by atoms with Gasteiger partial charge in [0.25, 0.3) is 0 Å². The summed E-state index contributed by atoms with van der Waals surface area (Å²) in [7, 11) is 1.63. The van der Waals surface area contributed by atoms with E-state index in [0.717, 1.165) is 33.2 Å². The summed E-state index contributed by atoms with van der Waals surface area (Å²) in [5.41, 5.74) is 3.06. The second-order valence-electron chi connectivity index (χ2n) is 10.4. The predicted octanol–water partition coefficient (Wildman–Crippen LogP) is 6.19. The molecule has 0 spiro atoms. The highest BCUT2D eigenvalue weighted by atomic mass is 16.5. The molecule has 0 aliphatic carbocycles. The van der Waals surface area contributed by atoms with Crippen LogP contribution in [0, 0.1) is 5.92 Å². The summed E-state index contributed by atoms with van der Waals surface area (Å²) in [5.74, 6) is 0.847. The number of nitrogens with one attached hydrogen (secondary N) is 1. The summed E-state index contributed by atoms with van der Waals surface area (Å²) in [6, 6.07) is 31.4. The van der Waals surface area contributed by atoms with Crippen molar-refractivity contribution in [2.45, 2.75) is 45.7 Å². The van der Waals surface area contributed by atoms with Gasteiger partial charge in [0.05, 0.1) is 7.11 Å². The highest BCUT2D eigenvalue weighted by Crippen LogP contribution is 2.22. The number of aryl methyl sites for hydroxylation is 1. The van der Waals surface area contributed by atoms with Crippen molar-refractivity contribution in [3.63, 3.8) is 0 Å². The van der Waals surface area contributed by atoms with Crippen LogP contribution in [0.2, 0.25) is 0 Å². The van der Waals surface area contributed by atoms with Crippen molar-refractivity contribution in [2.24, 2.45) is 5.92 Å². The van der Waals surface area contributed by atoms with E-state index >= 15 is 0 Å². The summed E-state index contributed by atoms with van der Waals surface area (Å²) in [6.45, 7) is 5.01. The van der Waals surface area contributed by atoms with E-state index in [4.69, 9.17) is 4.74 Å². The molecular formula is C34H38N2O3. The molecule has 0 saturated heterocycles. The molecule has 0 fully saturated rings. The fourth-order valence-electron chi connectivity index (χ4n) is 4.84. The van der Waals surface area contributed by atoms with Crippen molar-refractivity contribution in [1.82, 2.24) is 10.2 Å². The fourth-order valence-corrected chi connectivity index (χ4v) is 4.84. The first-order chi connectivity index (χ1) is 18.9. The van der Waals surface area contributed by atoms with Gasteiger partial charge in [-0.3, -0.25) is 9.59 Å². The van der Waals surface area contributed by atoms with Crippen LogP contribution in [-0.4, -0.2) is 36.4 Å². The largest absolute Gasteiger partial charge is 0.497 e. The molecule has 5 nitrogen and oxygen atoms in total. The first-order valence-electron chi connectivity index (χ1n) is 13.6. The Labute approximate surface area is 231 Å². The molecule has 1 N–H and O–H groups in total. The lowest BCUT2D eigenvalue weighted by molar-refractivity contribution is -0.141. The smallest absolute Gasteiger partial charge is 0.243 e. The lowest BCUT2D eigenvalue weighted by Gasteiger charge is -2.32. The molecule has 2 amide bonds. The molecule has 4 aromatic rings. The monoisotopic (exact) mass is 522 g/mol. The Morgan fingerprint density at radius 1 is 0.846 bits per heavy atom. The second-order valence-corrected chi connectivity index (χ2v) is 10.4. The average Bonchev–Trinajstić information content (AvgIpc) is 2.97. The van der Waals surface area contributed by atoms with Gasteiger partial charge in [-0.2, -0.15) is 0 Å². The topological polar surface area (TPSA) is 58.6 Å². The molecule has 0 heterocycles. The minimum atomic E-state index is -0.641. The van der Waals surface area contributed by atoms with E-state index in [0.29, 0.717) is 38.3 Å². The number of hydrogen-bond donors (Lipinski definition) is 1. The Bertz CT molecular complexity index is 1380. The first kappa shape index (κ1) is 27.9. The predicted molar refractivity (Wildman–Crippen MR) is 158 cm³/mol. The molecule has 0 aromatic heterocycles. The van der Waals surface area contributed by atoms with Crippen molar-refractivity contribution < 1.29 is 14.3 Å². The third kappa shape index (κ3) is 7.70. The Balaban J connectivity index is 1.65. The molecule has 0 radical (unpaired) electrons. The SMILES string of the molecule is COc1cccc(CN(C(=O)CCc2cccc3ccccc23)C(Cc2ccccc2)C(=O)NCC(C)C)c1. The summed E-state index contributed by atoms with van der Waals surface area (Å²) in [5, 5.41) is 5.40. The Morgan fingerprint density at radius 3 is 2.31 bits per heavy atom. The number of nitrogens with zero attached hydrogens (tertiary/aromatic N) is 1. The van der Waals surface area contributed by atoms with Gasteiger partial charge in [0.2, 0.25) is 11.8 Å². The van der Waals surface area contributed by atoms with Crippen LogP contribution in [0.5, 0.6) is 5.75 Å². The highest BCUT2D eigenvalue weighted by Gasteiger charge is 2.30. The van der Waals surface area contributed by atoms with Crippen molar-refractivity contribution in [1.29, 1.82) is 0 Å². The van der Waals surface area contributed by atoms with Crippen LogP contribution in [0.4, 0.5) is 0 Å². The lowest BCUT2D eigenvalue weighted by atomic mass is 9.99. The van der Waals surface area contributed by atoms with Gasteiger partial charge in [-0.05, 0) is 51.9 Å². The molecule has 0 saturated carbocycles. The summed E-state index contributed by atoms with van der Waals surface area (Å²) in [4.78, 5) is 29.4. The zero-order chi connectivity index (χ0) is 27.6. The van der Waals surface area contributed by atoms with Crippen molar-refractivity contribution in [3.8, 4) is 5.75 Å². The van der Waals surface area contributed by atoms with Gasteiger partial charge in [0, 0.05) is 25.9 Å². The summed E-state index contributed by atoms with van der Waals surface area (Å²) >= 11 is 0. The fraction of sp³-hybridized carbons (Fsp3) is 0.294. The minimum absolute atomic E-state index is 0.0496. The van der Waals surface area contributed by atoms with Crippen LogP contribution in [0.15, 0.2) is 97.1 Å². The Hall–Kier alpha value is -4.12. The van der Waals surface area contributed by atoms with E-state index in [1.807, 2.05) is 72.8 Å². The van der Waals surface area contributed by atoms with Crippen LogP contribution in [0.25, 0.3) is 10.8 Å². The van der Waals surface area contributed by atoms with Crippen LogP contribution in [0.3, 0.4) is 0 Å². The van der Waals surface area contributed by atoms with E-state index in [-0.39, 0.29) is 11.8 Å². The van der Waals surface area contributed by atoms with Crippen LogP contribution < -0.4 is 10.1 Å². The maximum Gasteiger partial charge on any atom is 0.243 e. The van der Waals surface area contributed by atoms with E-state index in [2.05, 4.69) is 43.4 Å². The summed E-state index contributed by atoms with van der Waals surface area (Å²) < 4.78 is 5.43. The molecular weight excluding hydrogens is 484 g/mol. The molecule has 4 rings (SSSR count). The second kappa shape index (κ2) is 13.6. The Morgan fingerprint density at radius 2 is 1.54 bits per heavy atom. The van der Waals surface area contributed by atoms with Gasteiger partial charge in [-0.15, -0.1) is 0 Å². The number of hydrogen-bond acceptors (Lipinski definition) is 3. The molecule has 4 aromatic carbocycles. The van der Waals surface area contributed by atoms with Gasteiger partial charge in [0.15, 0.2) is 0 Å². The van der Waals surface area contributed by atoms with E-state index < -0.39 is 6.04 Å². The normalized spacial score (nSPS) is 11.8. The highest BCUT2D eigenvalue weighted by molar-refractivity contribution is 5.89. The first-order valence-corrected chi connectivity index (χ1v) is 13.6. The van der Waals surface area contributed by atoms with Crippen molar-refractivity contribution in [2.75, 3.05) is 13.7 Å². The maximum absolute atomic E-state index is 14.0. The molecule has 5 heteroatoms. The number of methoxy groups -OCH3 is 1. The summed E-state index contributed by atoms with van der Waals surface area (Å²) in [6.07, 6.45) is 1.34. The number of ether oxygens (including phenoxy) is 1. The zero-order valence-corrected chi connectivity index (χ0v) is 23.1. The Kier molecular flexibility index (Phi) is 9.74. The number of carbonyl (C=O) groups excluding carboxylic acids is 2. The molecule has 0 bridgehead atoms. The van der Waals surface area contributed by atoms with E-state index in [1.165, 1.54) is 0 Å². The molecule has 0 aliphatic heterocycles. The van der Waals surface area contributed by atoms with Crippen molar-refractivity contribution in [3.05, 3.63) is 114 Å². The van der Waals surface area contributed by atoms with Gasteiger partial charge < -0.3 is 15.0 Å². The van der Waals surface area contributed by atoms with Crippen LogP contribution in [-0.2, 0) is 29.0 Å². The maximum atomic E-state index is 14.0. The molecule has 0 aliphatic rings.